The van der Waals surface area contributed by atoms with Crippen molar-refractivity contribution in [2.45, 2.75) is 37.6 Å². The normalized spacial score (nSPS) is 27.6. The van der Waals surface area contributed by atoms with Crippen LogP contribution < -0.4 is 4.74 Å². The van der Waals surface area contributed by atoms with Gasteiger partial charge in [0.25, 0.3) is 0 Å². The van der Waals surface area contributed by atoms with Gasteiger partial charge in [0.1, 0.15) is 18.0 Å². The third kappa shape index (κ3) is 3.21. The molecule has 0 aliphatic carbocycles. The molecule has 0 spiro atoms. The van der Waals surface area contributed by atoms with Crippen LogP contribution in [0.3, 0.4) is 0 Å². The topological polar surface area (TPSA) is 47.5 Å². The molecule has 2 aromatic rings. The Balaban J connectivity index is 1.50. The fourth-order valence-corrected chi connectivity index (χ4v) is 3.61. The van der Waals surface area contributed by atoms with Crippen molar-refractivity contribution in [3.63, 3.8) is 0 Å². The van der Waals surface area contributed by atoms with E-state index in [9.17, 15) is 0 Å². The van der Waals surface area contributed by atoms with Crippen LogP contribution >= 0.6 is 0 Å². The number of likely N-dealkylation sites (tertiary alicyclic amines) is 1. The van der Waals surface area contributed by atoms with Crippen molar-refractivity contribution in [2.24, 2.45) is 0 Å². The number of pyridine rings is 2. The van der Waals surface area contributed by atoms with Crippen LogP contribution in [-0.2, 0) is 11.3 Å². The van der Waals surface area contributed by atoms with Crippen molar-refractivity contribution in [1.82, 2.24) is 14.9 Å². The van der Waals surface area contributed by atoms with Gasteiger partial charge in [-0.15, -0.1) is 0 Å². The summed E-state index contributed by atoms with van der Waals surface area (Å²) < 4.78 is 12.2. The molecule has 0 saturated carbocycles. The minimum atomic E-state index is 0.0566. The van der Waals surface area contributed by atoms with E-state index in [-0.39, 0.29) is 12.2 Å². The van der Waals surface area contributed by atoms with Gasteiger partial charge in [0.15, 0.2) is 0 Å². The lowest BCUT2D eigenvalue weighted by Gasteiger charge is -2.32. The third-order valence-corrected chi connectivity index (χ3v) is 4.61. The lowest BCUT2D eigenvalue weighted by atomic mass is 10.0. The van der Waals surface area contributed by atoms with E-state index in [1.165, 1.54) is 5.56 Å². The van der Waals surface area contributed by atoms with Crippen molar-refractivity contribution in [3.8, 4) is 5.75 Å². The number of rotatable bonds is 4. The van der Waals surface area contributed by atoms with Crippen LogP contribution in [-0.4, -0.2) is 46.3 Å². The first-order chi connectivity index (χ1) is 11.4. The summed E-state index contributed by atoms with van der Waals surface area (Å²) >= 11 is 0. The molecular weight excluding hydrogens is 290 g/mol. The number of nitrogens with zero attached hydrogens (tertiary/aromatic N) is 3. The summed E-state index contributed by atoms with van der Waals surface area (Å²) in [6.45, 7) is 2.60. The van der Waals surface area contributed by atoms with E-state index in [0.717, 1.165) is 38.3 Å². The number of fused-ring (bicyclic) bond motifs is 1. The van der Waals surface area contributed by atoms with Crippen molar-refractivity contribution < 1.29 is 9.47 Å². The van der Waals surface area contributed by atoms with Gasteiger partial charge in [-0.2, -0.15) is 0 Å². The molecule has 120 valence electrons. The highest BCUT2D eigenvalue weighted by atomic mass is 16.5. The molecule has 2 aliphatic rings. The zero-order valence-corrected chi connectivity index (χ0v) is 13.0. The summed E-state index contributed by atoms with van der Waals surface area (Å²) in [6, 6.07) is 8.39. The molecule has 0 aromatic carbocycles. The lowest BCUT2D eigenvalue weighted by Crippen LogP contribution is -2.42. The molecular formula is C18H21N3O2. The predicted octanol–water partition coefficient (Wildman–Crippen LogP) is 2.29. The molecule has 23 heavy (non-hydrogen) atoms. The van der Waals surface area contributed by atoms with E-state index in [2.05, 4.69) is 20.9 Å². The van der Waals surface area contributed by atoms with Crippen LogP contribution in [0, 0.1) is 0 Å². The van der Waals surface area contributed by atoms with Crippen LogP contribution in [0.5, 0.6) is 5.75 Å². The summed E-state index contributed by atoms with van der Waals surface area (Å²) in [5.74, 6) is 0.814. The summed E-state index contributed by atoms with van der Waals surface area (Å²) in [5, 5.41) is 0. The molecule has 2 aliphatic heterocycles. The molecule has 4 rings (SSSR count). The molecule has 3 atom stereocenters. The molecule has 0 unspecified atom stereocenters. The second-order valence-corrected chi connectivity index (χ2v) is 6.18. The number of hydrogen-bond acceptors (Lipinski definition) is 5. The average Bonchev–Trinajstić information content (AvgIpc) is 2.95. The maximum atomic E-state index is 6.17. The number of hydrogen-bond donors (Lipinski definition) is 0. The van der Waals surface area contributed by atoms with Gasteiger partial charge in [0.05, 0.1) is 6.20 Å². The van der Waals surface area contributed by atoms with Gasteiger partial charge in [-0.05, 0) is 36.6 Å². The standard InChI is InChI=1S/C18H21N3O2/c1-4-14(10-19-7-1)12-21-13-17(18-16(21)6-3-9-22-18)23-15-5-2-8-20-11-15/h1-2,4-5,7-8,10-11,16-18H,3,6,9,12-13H2/t16-,17-,18-/m0/s1. The summed E-state index contributed by atoms with van der Waals surface area (Å²) in [7, 11) is 0. The highest BCUT2D eigenvalue weighted by Gasteiger charge is 2.45. The molecule has 0 N–H and O–H groups in total. The van der Waals surface area contributed by atoms with Gasteiger partial charge in [0.2, 0.25) is 0 Å². The van der Waals surface area contributed by atoms with E-state index in [1.807, 2.05) is 30.6 Å². The van der Waals surface area contributed by atoms with Crippen molar-refractivity contribution >= 4 is 0 Å². The maximum absolute atomic E-state index is 6.17. The highest BCUT2D eigenvalue weighted by Crippen LogP contribution is 2.32. The summed E-state index contributed by atoms with van der Waals surface area (Å²) in [5.41, 5.74) is 1.24. The zero-order chi connectivity index (χ0) is 15.5. The Morgan fingerprint density at radius 2 is 2.04 bits per heavy atom. The van der Waals surface area contributed by atoms with E-state index < -0.39 is 0 Å². The molecule has 2 fully saturated rings. The van der Waals surface area contributed by atoms with E-state index in [4.69, 9.17) is 9.47 Å². The Hall–Kier alpha value is -1.98. The minimum Gasteiger partial charge on any atom is -0.485 e. The second kappa shape index (κ2) is 6.64. The smallest absolute Gasteiger partial charge is 0.139 e. The van der Waals surface area contributed by atoms with Crippen LogP contribution in [0.1, 0.15) is 18.4 Å². The molecule has 2 saturated heterocycles. The maximum Gasteiger partial charge on any atom is 0.139 e. The molecule has 2 aromatic heterocycles. The fraction of sp³-hybridized carbons (Fsp3) is 0.444. The Bertz CT molecular complexity index is 567. The fourth-order valence-electron chi connectivity index (χ4n) is 3.61. The molecule has 0 bridgehead atoms. The number of aromatic nitrogens is 2. The van der Waals surface area contributed by atoms with Crippen LogP contribution in [0.15, 0.2) is 49.1 Å². The Kier molecular flexibility index (Phi) is 4.22. The highest BCUT2D eigenvalue weighted by molar-refractivity contribution is 5.17. The second-order valence-electron chi connectivity index (χ2n) is 6.18. The van der Waals surface area contributed by atoms with Gasteiger partial charge in [-0.1, -0.05) is 6.07 Å². The van der Waals surface area contributed by atoms with Crippen molar-refractivity contribution in [1.29, 1.82) is 0 Å². The van der Waals surface area contributed by atoms with Crippen LogP contribution in [0.2, 0.25) is 0 Å². The lowest BCUT2D eigenvalue weighted by molar-refractivity contribution is -0.0472. The molecule has 0 radical (unpaired) electrons. The van der Waals surface area contributed by atoms with Gasteiger partial charge in [0, 0.05) is 44.3 Å². The van der Waals surface area contributed by atoms with E-state index in [0.29, 0.717) is 6.04 Å². The summed E-state index contributed by atoms with van der Waals surface area (Å²) in [6.07, 6.45) is 9.75. The predicted molar refractivity (Wildman–Crippen MR) is 86.1 cm³/mol. The Morgan fingerprint density at radius 1 is 1.17 bits per heavy atom. The minimum absolute atomic E-state index is 0.0566. The molecule has 0 amide bonds. The van der Waals surface area contributed by atoms with E-state index in [1.54, 1.807) is 12.4 Å². The van der Waals surface area contributed by atoms with Crippen LogP contribution in [0.25, 0.3) is 0 Å². The monoisotopic (exact) mass is 311 g/mol. The first-order valence-electron chi connectivity index (χ1n) is 8.21. The largest absolute Gasteiger partial charge is 0.485 e. The Labute approximate surface area is 136 Å². The van der Waals surface area contributed by atoms with Crippen molar-refractivity contribution in [2.75, 3.05) is 13.2 Å². The van der Waals surface area contributed by atoms with Gasteiger partial charge in [-0.3, -0.25) is 14.9 Å². The molecule has 4 heterocycles. The third-order valence-electron chi connectivity index (χ3n) is 4.61. The quantitative estimate of drug-likeness (QED) is 0.867. The first kappa shape index (κ1) is 14.6. The first-order valence-corrected chi connectivity index (χ1v) is 8.21. The van der Waals surface area contributed by atoms with Crippen LogP contribution in [0.4, 0.5) is 0 Å². The SMILES string of the molecule is c1cncc(CN2C[C@H](Oc3cccnc3)[C@H]3OCCC[C@@H]32)c1. The average molecular weight is 311 g/mol. The molecule has 5 heteroatoms. The number of ether oxygens (including phenoxy) is 2. The van der Waals surface area contributed by atoms with Gasteiger partial charge >= 0.3 is 0 Å². The zero-order valence-electron chi connectivity index (χ0n) is 13.0. The van der Waals surface area contributed by atoms with Gasteiger partial charge in [-0.25, -0.2) is 0 Å². The summed E-state index contributed by atoms with van der Waals surface area (Å²) in [4.78, 5) is 10.8. The van der Waals surface area contributed by atoms with E-state index >= 15 is 0 Å². The molecule has 5 nitrogen and oxygen atoms in total. The Morgan fingerprint density at radius 3 is 2.83 bits per heavy atom. The van der Waals surface area contributed by atoms with Crippen molar-refractivity contribution in [3.05, 3.63) is 54.6 Å². The van der Waals surface area contributed by atoms with Gasteiger partial charge < -0.3 is 9.47 Å².